The quantitative estimate of drug-likeness (QED) is 0.370. The van der Waals surface area contributed by atoms with Crippen LogP contribution in [0.1, 0.15) is 6.42 Å². The fourth-order valence-corrected chi connectivity index (χ4v) is 1.40. The van der Waals surface area contributed by atoms with E-state index < -0.39 is 12.2 Å². The lowest BCUT2D eigenvalue weighted by molar-refractivity contribution is -0.125. The number of nitrogens with one attached hydrogen (secondary N) is 1. The van der Waals surface area contributed by atoms with Gasteiger partial charge in [-0.1, -0.05) is 0 Å². The highest BCUT2D eigenvalue weighted by Crippen LogP contribution is 2.28. The van der Waals surface area contributed by atoms with Gasteiger partial charge in [0.15, 0.2) is 0 Å². The number of rotatable bonds is 0. The molecule has 4 atom stereocenters. The van der Waals surface area contributed by atoms with Gasteiger partial charge < -0.3 is 10.2 Å². The van der Waals surface area contributed by atoms with Crippen molar-refractivity contribution in [2.75, 3.05) is 0 Å². The average Bonchev–Trinajstić information content (AvgIpc) is 2.37. The van der Waals surface area contributed by atoms with Crippen LogP contribution < -0.4 is 5.48 Å². The van der Waals surface area contributed by atoms with Gasteiger partial charge in [-0.3, -0.25) is 4.84 Å². The van der Waals surface area contributed by atoms with Crippen molar-refractivity contribution in [1.29, 1.82) is 0 Å². The molecule has 0 unspecified atom stereocenters. The molecule has 2 bridgehead atoms. The molecule has 0 aromatic heterocycles. The topological polar surface area (TPSA) is 61.7 Å². The van der Waals surface area contributed by atoms with Crippen molar-refractivity contribution in [1.82, 2.24) is 5.48 Å². The first-order chi connectivity index (χ1) is 4.29. The molecule has 2 rings (SSSR count). The molecule has 52 valence electrons. The number of hydroxylamine groups is 1. The maximum atomic E-state index is 9.10. The van der Waals surface area contributed by atoms with E-state index in [1.807, 2.05) is 0 Å². The summed E-state index contributed by atoms with van der Waals surface area (Å²) < 4.78 is 0. The molecule has 0 aromatic carbocycles. The summed E-state index contributed by atoms with van der Waals surface area (Å²) in [7, 11) is 0. The predicted octanol–water partition coefficient (Wildman–Crippen LogP) is -1.62. The Morgan fingerprint density at radius 2 is 2.11 bits per heavy atom. The van der Waals surface area contributed by atoms with E-state index in [0.717, 1.165) is 6.42 Å². The minimum absolute atomic E-state index is 0.0509. The maximum absolute atomic E-state index is 9.10. The molecule has 4 nitrogen and oxygen atoms in total. The molecule has 9 heavy (non-hydrogen) atoms. The molecule has 1 aliphatic heterocycles. The van der Waals surface area contributed by atoms with Crippen molar-refractivity contribution < 1.29 is 15.1 Å². The van der Waals surface area contributed by atoms with Crippen LogP contribution in [0.15, 0.2) is 0 Å². The number of aliphatic hydroxyl groups is 2. The van der Waals surface area contributed by atoms with Gasteiger partial charge in [0.25, 0.3) is 0 Å². The van der Waals surface area contributed by atoms with Gasteiger partial charge in [0, 0.05) is 0 Å². The normalized spacial score (nSPS) is 56.7. The molecular formula is C5H9NO3. The third-order valence-electron chi connectivity index (χ3n) is 2.00. The van der Waals surface area contributed by atoms with E-state index in [1.165, 1.54) is 0 Å². The first-order valence-electron chi connectivity index (χ1n) is 3.06. The van der Waals surface area contributed by atoms with Crippen LogP contribution in [-0.4, -0.2) is 34.6 Å². The van der Waals surface area contributed by atoms with Gasteiger partial charge in [-0.25, -0.2) is 0 Å². The van der Waals surface area contributed by atoms with Gasteiger partial charge in [0.2, 0.25) is 0 Å². The Morgan fingerprint density at radius 3 is 2.44 bits per heavy atom. The molecule has 0 radical (unpaired) electrons. The smallest absolute Gasteiger partial charge is 0.110 e. The van der Waals surface area contributed by atoms with E-state index in [4.69, 9.17) is 15.1 Å². The van der Waals surface area contributed by atoms with E-state index in [2.05, 4.69) is 5.48 Å². The van der Waals surface area contributed by atoms with Crippen molar-refractivity contribution in [2.45, 2.75) is 30.8 Å². The monoisotopic (exact) mass is 131 g/mol. The summed E-state index contributed by atoms with van der Waals surface area (Å²) in [5, 5.41) is 18.2. The second kappa shape index (κ2) is 1.67. The largest absolute Gasteiger partial charge is 0.389 e. The lowest BCUT2D eigenvalue weighted by atomic mass is 10.2. The van der Waals surface area contributed by atoms with Crippen molar-refractivity contribution in [3.63, 3.8) is 0 Å². The molecule has 1 saturated carbocycles. The van der Waals surface area contributed by atoms with Gasteiger partial charge in [-0.15, -0.1) is 0 Å². The summed E-state index contributed by atoms with van der Waals surface area (Å²) >= 11 is 0. The second-order valence-electron chi connectivity index (χ2n) is 2.60. The first kappa shape index (κ1) is 5.61. The van der Waals surface area contributed by atoms with Gasteiger partial charge in [0.05, 0.1) is 6.04 Å². The minimum Gasteiger partial charge on any atom is -0.389 e. The summed E-state index contributed by atoms with van der Waals surface area (Å²) in [6, 6.07) is -0.0509. The van der Waals surface area contributed by atoms with Crippen molar-refractivity contribution >= 4 is 0 Å². The zero-order valence-corrected chi connectivity index (χ0v) is 4.82. The lowest BCUT2D eigenvalue weighted by Gasteiger charge is -2.22. The Labute approximate surface area is 52.4 Å². The van der Waals surface area contributed by atoms with E-state index in [-0.39, 0.29) is 12.1 Å². The zero-order chi connectivity index (χ0) is 6.43. The Balaban J connectivity index is 2.15. The van der Waals surface area contributed by atoms with Crippen molar-refractivity contribution in [2.24, 2.45) is 0 Å². The van der Waals surface area contributed by atoms with Gasteiger partial charge in [-0.05, 0) is 6.42 Å². The fourth-order valence-electron chi connectivity index (χ4n) is 1.40. The molecule has 1 saturated heterocycles. The standard InChI is InChI=1S/C5H9NO3/c7-4-2-1-3(5(4)8)9-6-2/h2-8H,1H2/t2-,3+,4+,5-/m0/s1. The molecule has 3 N–H and O–H groups in total. The van der Waals surface area contributed by atoms with Crippen LogP contribution in [0.2, 0.25) is 0 Å². The number of hydrogen-bond acceptors (Lipinski definition) is 4. The lowest BCUT2D eigenvalue weighted by Crippen LogP contribution is -2.45. The molecule has 4 heteroatoms. The second-order valence-corrected chi connectivity index (χ2v) is 2.60. The van der Waals surface area contributed by atoms with Crippen LogP contribution >= 0.6 is 0 Å². The molecular weight excluding hydrogens is 122 g/mol. The summed E-state index contributed by atoms with van der Waals surface area (Å²) in [4.78, 5) is 4.87. The molecule has 1 aliphatic carbocycles. The van der Waals surface area contributed by atoms with E-state index in [9.17, 15) is 0 Å². The molecule has 2 fully saturated rings. The van der Waals surface area contributed by atoms with Crippen molar-refractivity contribution in [3.05, 3.63) is 0 Å². The average molecular weight is 131 g/mol. The SMILES string of the molecule is O[C@@H]1[C@H](O)[C@@H]2C[C@H]1ON2. The summed E-state index contributed by atoms with van der Waals surface area (Å²) in [6.07, 6.45) is -0.785. The Hall–Kier alpha value is -0.160. The molecule has 0 amide bonds. The van der Waals surface area contributed by atoms with Crippen LogP contribution in [0.25, 0.3) is 0 Å². The highest BCUT2D eigenvalue weighted by atomic mass is 16.7. The van der Waals surface area contributed by atoms with Gasteiger partial charge in [0.1, 0.15) is 18.3 Å². The number of hydrogen-bond donors (Lipinski definition) is 3. The van der Waals surface area contributed by atoms with Crippen LogP contribution in [0.3, 0.4) is 0 Å². The maximum Gasteiger partial charge on any atom is 0.110 e. The predicted molar refractivity (Wildman–Crippen MR) is 28.4 cm³/mol. The molecule has 1 heterocycles. The third-order valence-corrected chi connectivity index (χ3v) is 2.00. The fraction of sp³-hybridized carbons (Fsp3) is 1.00. The van der Waals surface area contributed by atoms with Crippen LogP contribution in [0, 0.1) is 0 Å². The first-order valence-corrected chi connectivity index (χ1v) is 3.06. The Bertz CT molecular complexity index is 111. The molecule has 0 spiro atoms. The third kappa shape index (κ3) is 0.616. The van der Waals surface area contributed by atoms with Crippen LogP contribution in [0.5, 0.6) is 0 Å². The zero-order valence-electron chi connectivity index (χ0n) is 4.82. The molecule has 2 aliphatic rings. The highest BCUT2D eigenvalue weighted by Gasteiger charge is 2.47. The number of aliphatic hydroxyl groups excluding tert-OH is 2. The van der Waals surface area contributed by atoms with Crippen LogP contribution in [0.4, 0.5) is 0 Å². The van der Waals surface area contributed by atoms with Gasteiger partial charge in [-0.2, -0.15) is 5.48 Å². The summed E-state index contributed by atoms with van der Waals surface area (Å²) in [6.45, 7) is 0. The van der Waals surface area contributed by atoms with Crippen LogP contribution in [-0.2, 0) is 4.84 Å². The van der Waals surface area contributed by atoms with E-state index >= 15 is 0 Å². The molecule has 0 aromatic rings. The summed E-state index contributed by atoms with van der Waals surface area (Å²) in [5.74, 6) is 0. The minimum atomic E-state index is -0.684. The van der Waals surface area contributed by atoms with E-state index in [1.54, 1.807) is 0 Å². The summed E-state index contributed by atoms with van der Waals surface area (Å²) in [5.41, 5.74) is 2.63. The van der Waals surface area contributed by atoms with Crippen molar-refractivity contribution in [3.8, 4) is 0 Å². The Morgan fingerprint density at radius 1 is 1.33 bits per heavy atom. The van der Waals surface area contributed by atoms with E-state index in [0.29, 0.717) is 0 Å². The Kier molecular flexibility index (Phi) is 1.04. The number of fused-ring (bicyclic) bond motifs is 2. The van der Waals surface area contributed by atoms with Gasteiger partial charge >= 0.3 is 0 Å². The highest BCUT2D eigenvalue weighted by molar-refractivity contribution is 4.98.